The van der Waals surface area contributed by atoms with E-state index in [2.05, 4.69) is 9.97 Å². The zero-order chi connectivity index (χ0) is 24.7. The molecule has 10 heteroatoms. The molecule has 0 N–H and O–H groups in total. The Labute approximate surface area is 206 Å². The predicted octanol–water partition coefficient (Wildman–Crippen LogP) is 7.30. The fraction of sp³-hybridized carbons (Fsp3) is 0.0800. The fourth-order valence-corrected chi connectivity index (χ4v) is 4.41. The Morgan fingerprint density at radius 1 is 1.03 bits per heavy atom. The van der Waals surface area contributed by atoms with Gasteiger partial charge in [0.15, 0.2) is 5.76 Å². The summed E-state index contributed by atoms with van der Waals surface area (Å²) in [6.07, 6.45) is -0.707. The zero-order valence-electron chi connectivity index (χ0n) is 17.7. The highest BCUT2D eigenvalue weighted by Gasteiger charge is 2.42. The zero-order valence-corrected chi connectivity index (χ0v) is 19.2. The van der Waals surface area contributed by atoms with Gasteiger partial charge in [-0.25, -0.2) is 4.98 Å². The first kappa shape index (κ1) is 23.1. The number of alkyl halides is 3. The number of hydrogen-bond donors (Lipinski definition) is 0. The Balaban J connectivity index is 1.68. The molecule has 2 aromatic carbocycles. The minimum atomic E-state index is -4.85. The van der Waals surface area contributed by atoms with E-state index in [1.165, 1.54) is 24.4 Å². The SMILES string of the molecule is O=C(c1cnc(-c2cccnc2)o1)c1c(C(F)(F)F)n(Cc2ccc(Cl)cc2Cl)c2ccccc12. The Morgan fingerprint density at radius 3 is 2.54 bits per heavy atom. The number of oxazole rings is 1. The van der Waals surface area contributed by atoms with Gasteiger partial charge in [0.25, 0.3) is 0 Å². The number of carbonyl (C=O) groups excluding carboxylic acids is 1. The standard InChI is InChI=1S/C25H14Cl2F3N3O2/c26-16-8-7-15(18(27)10-16)13-33-19-6-2-1-5-17(19)21(23(33)25(28,29)30)22(34)20-12-32-24(35-20)14-4-3-9-31-11-14/h1-12H,13H2. The van der Waals surface area contributed by atoms with Crippen molar-refractivity contribution in [2.75, 3.05) is 0 Å². The molecule has 5 aromatic rings. The summed E-state index contributed by atoms with van der Waals surface area (Å²) in [4.78, 5) is 21.5. The molecule has 0 fully saturated rings. The molecule has 0 atom stereocenters. The number of aromatic nitrogens is 3. The number of halogens is 5. The van der Waals surface area contributed by atoms with Crippen molar-refractivity contribution >= 4 is 39.9 Å². The highest BCUT2D eigenvalue weighted by Crippen LogP contribution is 2.40. The molecule has 0 aliphatic carbocycles. The molecule has 5 rings (SSSR count). The average Bonchev–Trinajstić information content (AvgIpc) is 3.45. The van der Waals surface area contributed by atoms with E-state index in [0.717, 1.165) is 10.8 Å². The van der Waals surface area contributed by atoms with Crippen molar-refractivity contribution in [1.29, 1.82) is 0 Å². The van der Waals surface area contributed by atoms with Crippen molar-refractivity contribution in [3.63, 3.8) is 0 Å². The van der Waals surface area contributed by atoms with E-state index < -0.39 is 23.2 Å². The van der Waals surface area contributed by atoms with E-state index in [4.69, 9.17) is 27.6 Å². The van der Waals surface area contributed by atoms with Crippen molar-refractivity contribution in [2.24, 2.45) is 0 Å². The van der Waals surface area contributed by atoms with Crippen LogP contribution in [0.2, 0.25) is 10.0 Å². The molecule has 0 spiro atoms. The van der Waals surface area contributed by atoms with Crippen LogP contribution in [0.1, 0.15) is 27.4 Å². The Hall–Kier alpha value is -3.62. The second-order valence-corrected chi connectivity index (χ2v) is 8.50. The van der Waals surface area contributed by atoms with Crippen molar-refractivity contribution < 1.29 is 22.4 Å². The van der Waals surface area contributed by atoms with Gasteiger partial charge in [0.1, 0.15) is 5.69 Å². The van der Waals surface area contributed by atoms with E-state index in [1.54, 1.807) is 42.6 Å². The molecule has 0 radical (unpaired) electrons. The largest absolute Gasteiger partial charge is 0.433 e. The van der Waals surface area contributed by atoms with Crippen LogP contribution in [0, 0.1) is 0 Å². The van der Waals surface area contributed by atoms with Crippen molar-refractivity contribution in [2.45, 2.75) is 12.7 Å². The number of carbonyl (C=O) groups is 1. The lowest BCUT2D eigenvalue weighted by Crippen LogP contribution is -2.18. The van der Waals surface area contributed by atoms with Gasteiger partial charge in [-0.1, -0.05) is 47.5 Å². The Kier molecular flexibility index (Phi) is 5.86. The first-order valence-corrected chi connectivity index (χ1v) is 11.0. The fourth-order valence-electron chi connectivity index (χ4n) is 3.94. The second-order valence-electron chi connectivity index (χ2n) is 7.66. The summed E-state index contributed by atoms with van der Waals surface area (Å²) in [5.74, 6) is -1.18. The van der Waals surface area contributed by atoms with Crippen molar-refractivity contribution in [3.05, 3.63) is 106 Å². The number of benzene rings is 2. The lowest BCUT2D eigenvalue weighted by Gasteiger charge is -2.15. The lowest BCUT2D eigenvalue weighted by molar-refractivity contribution is -0.143. The van der Waals surface area contributed by atoms with Crippen LogP contribution >= 0.6 is 23.2 Å². The number of pyridine rings is 1. The summed E-state index contributed by atoms with van der Waals surface area (Å²) in [6, 6.07) is 14.0. The summed E-state index contributed by atoms with van der Waals surface area (Å²) in [5, 5.41) is 0.708. The van der Waals surface area contributed by atoms with Crippen LogP contribution in [0.4, 0.5) is 13.2 Å². The van der Waals surface area contributed by atoms with Gasteiger partial charge in [-0.05, 0) is 35.9 Å². The predicted molar refractivity (Wildman–Crippen MR) is 126 cm³/mol. The van der Waals surface area contributed by atoms with Gasteiger partial charge in [0.05, 0.1) is 17.3 Å². The number of nitrogens with zero attached hydrogens (tertiary/aromatic N) is 3. The van der Waals surface area contributed by atoms with Crippen LogP contribution in [0.25, 0.3) is 22.4 Å². The van der Waals surface area contributed by atoms with Crippen molar-refractivity contribution in [3.8, 4) is 11.5 Å². The molecular weight excluding hydrogens is 502 g/mol. The Bertz CT molecular complexity index is 1560. The third kappa shape index (κ3) is 4.31. The third-order valence-corrected chi connectivity index (χ3v) is 6.03. The second kappa shape index (κ2) is 8.87. The Morgan fingerprint density at radius 2 is 1.83 bits per heavy atom. The molecule has 35 heavy (non-hydrogen) atoms. The monoisotopic (exact) mass is 515 g/mol. The molecule has 0 bridgehead atoms. The van der Waals surface area contributed by atoms with Gasteiger partial charge in [-0.2, -0.15) is 13.2 Å². The summed E-state index contributed by atoms with van der Waals surface area (Å²) in [5.41, 5.74) is -0.496. The number of fused-ring (bicyclic) bond motifs is 1. The van der Waals surface area contributed by atoms with E-state index in [1.807, 2.05) is 0 Å². The summed E-state index contributed by atoms with van der Waals surface area (Å²) in [7, 11) is 0. The molecule has 3 aromatic heterocycles. The highest BCUT2D eigenvalue weighted by atomic mass is 35.5. The maximum absolute atomic E-state index is 14.5. The van der Waals surface area contributed by atoms with E-state index in [9.17, 15) is 18.0 Å². The summed E-state index contributed by atoms with van der Waals surface area (Å²) >= 11 is 12.2. The van der Waals surface area contributed by atoms with Gasteiger partial charge >= 0.3 is 6.18 Å². The first-order valence-electron chi connectivity index (χ1n) is 10.3. The van der Waals surface area contributed by atoms with E-state index >= 15 is 0 Å². The molecule has 0 amide bonds. The summed E-state index contributed by atoms with van der Waals surface area (Å²) in [6.45, 7) is -0.226. The number of ketones is 1. The number of hydrogen-bond acceptors (Lipinski definition) is 4. The third-order valence-electron chi connectivity index (χ3n) is 5.45. The van der Waals surface area contributed by atoms with Crippen LogP contribution in [-0.2, 0) is 12.7 Å². The molecule has 0 saturated heterocycles. The molecule has 3 heterocycles. The van der Waals surface area contributed by atoms with Gasteiger partial charge in [0.2, 0.25) is 11.7 Å². The summed E-state index contributed by atoms with van der Waals surface area (Å²) < 4.78 is 50.0. The molecule has 0 aliphatic heterocycles. The molecule has 0 unspecified atom stereocenters. The average molecular weight is 516 g/mol. The quantitative estimate of drug-likeness (QED) is 0.230. The van der Waals surface area contributed by atoms with Crippen molar-refractivity contribution in [1.82, 2.24) is 14.5 Å². The van der Waals surface area contributed by atoms with Crippen LogP contribution in [0.5, 0.6) is 0 Å². The normalized spacial score (nSPS) is 11.8. The molecule has 176 valence electrons. The molecular formula is C25H14Cl2F3N3O2. The maximum atomic E-state index is 14.5. The molecule has 5 nitrogen and oxygen atoms in total. The topological polar surface area (TPSA) is 60.9 Å². The lowest BCUT2D eigenvalue weighted by atomic mass is 10.0. The maximum Gasteiger partial charge on any atom is 0.432 e. The highest BCUT2D eigenvalue weighted by molar-refractivity contribution is 6.35. The smallest absolute Gasteiger partial charge is 0.432 e. The van der Waals surface area contributed by atoms with Gasteiger partial charge in [-0.15, -0.1) is 0 Å². The van der Waals surface area contributed by atoms with Crippen LogP contribution < -0.4 is 0 Å². The molecule has 0 saturated carbocycles. The number of rotatable bonds is 5. The van der Waals surface area contributed by atoms with E-state index in [0.29, 0.717) is 16.1 Å². The minimum absolute atomic E-state index is 0.0756. The van der Waals surface area contributed by atoms with Gasteiger partial charge in [0, 0.05) is 39.9 Å². The van der Waals surface area contributed by atoms with Crippen LogP contribution in [-0.4, -0.2) is 20.3 Å². The first-order chi connectivity index (χ1) is 16.7. The minimum Gasteiger partial charge on any atom is -0.433 e. The van der Waals surface area contributed by atoms with Gasteiger partial charge in [-0.3, -0.25) is 9.78 Å². The van der Waals surface area contributed by atoms with E-state index in [-0.39, 0.29) is 34.1 Å². The van der Waals surface area contributed by atoms with Crippen LogP contribution in [0.3, 0.4) is 0 Å². The van der Waals surface area contributed by atoms with Crippen LogP contribution in [0.15, 0.2) is 77.6 Å². The number of para-hydroxylation sites is 1. The van der Waals surface area contributed by atoms with Gasteiger partial charge < -0.3 is 8.98 Å². The molecule has 0 aliphatic rings.